The van der Waals surface area contributed by atoms with Crippen LogP contribution in [-0.4, -0.2) is 65.5 Å². The van der Waals surface area contributed by atoms with Gasteiger partial charge in [0.2, 0.25) is 17.8 Å². The summed E-state index contributed by atoms with van der Waals surface area (Å²) in [6.07, 6.45) is 9.42. The summed E-state index contributed by atoms with van der Waals surface area (Å²) in [5, 5.41) is 12.2. The Balaban J connectivity index is 1.17. The Morgan fingerprint density at radius 1 is 1.24 bits per heavy atom. The fraction of sp³-hybridized carbons (Fsp3) is 0.654. The maximum atomic E-state index is 12.7. The lowest BCUT2D eigenvalue weighted by Crippen LogP contribution is -2.37. The maximum absolute atomic E-state index is 12.7. The van der Waals surface area contributed by atoms with Gasteiger partial charge in [-0.3, -0.25) is 14.9 Å². The number of amides is 2. The van der Waals surface area contributed by atoms with Crippen LogP contribution in [0.4, 0.5) is 5.69 Å². The molecule has 0 spiro atoms. The van der Waals surface area contributed by atoms with Crippen molar-refractivity contribution in [3.8, 4) is 5.75 Å². The average Bonchev–Trinajstić information content (AvgIpc) is 3.22. The third kappa shape index (κ3) is 6.09. The lowest BCUT2D eigenvalue weighted by Gasteiger charge is -2.30. The Hall–Kier alpha value is -2.61. The molecule has 2 N–H and O–H groups in total. The zero-order chi connectivity index (χ0) is 23.9. The number of hydrogen-bond acceptors (Lipinski definition) is 6. The molecule has 1 atom stereocenters. The molecule has 0 radical (unpaired) electrons. The minimum Gasteiger partial charge on any atom is -0.494 e. The highest BCUT2D eigenvalue weighted by atomic mass is 16.5. The Morgan fingerprint density at radius 3 is 2.85 bits per heavy atom. The number of ether oxygens (including phenoxy) is 1. The van der Waals surface area contributed by atoms with E-state index >= 15 is 0 Å². The van der Waals surface area contributed by atoms with E-state index in [0.29, 0.717) is 38.0 Å². The largest absolute Gasteiger partial charge is 0.494 e. The van der Waals surface area contributed by atoms with E-state index in [1.807, 2.05) is 28.0 Å². The quantitative estimate of drug-likeness (QED) is 0.483. The monoisotopic (exact) mass is 470 g/mol. The van der Waals surface area contributed by atoms with Crippen LogP contribution in [0.1, 0.15) is 76.3 Å². The second kappa shape index (κ2) is 11.7. The van der Waals surface area contributed by atoms with Crippen molar-refractivity contribution in [3.05, 3.63) is 23.8 Å². The Morgan fingerprint density at radius 2 is 2.06 bits per heavy atom. The van der Waals surface area contributed by atoms with Crippen LogP contribution in [-0.2, 0) is 9.59 Å². The fourth-order valence-electron chi connectivity index (χ4n) is 5.24. The van der Waals surface area contributed by atoms with Crippen LogP contribution < -0.4 is 10.1 Å². The molecular weight excluding hydrogens is 432 g/mol. The molecular formula is C26H38N4O4. The standard InChI is InChI=1S/C26H38N4O4/c1-19-22-16-21(11-12-23(22)27-26-28-24(32)18-30(19)26)34-15-7-3-6-10-25(33)29(13-14-31)17-20-8-4-2-5-9-20/h11-12,16,19-20,31H,2-10,13-15,17-18H2,1H3,(H,27,28,32). The summed E-state index contributed by atoms with van der Waals surface area (Å²) in [4.78, 5) is 32.8. The molecule has 2 aliphatic heterocycles. The molecule has 4 rings (SSSR count). The number of nitrogens with zero attached hydrogens (tertiary/aromatic N) is 3. The molecule has 2 heterocycles. The van der Waals surface area contributed by atoms with Crippen molar-refractivity contribution in [1.82, 2.24) is 15.1 Å². The number of carbonyl (C=O) groups is 2. The van der Waals surface area contributed by atoms with Gasteiger partial charge in [0.1, 0.15) is 12.3 Å². The highest BCUT2D eigenvalue weighted by Crippen LogP contribution is 2.37. The Labute approximate surface area is 202 Å². The van der Waals surface area contributed by atoms with E-state index in [2.05, 4.69) is 17.2 Å². The number of aliphatic hydroxyl groups excluding tert-OH is 1. The molecule has 2 fully saturated rings. The molecule has 1 unspecified atom stereocenters. The summed E-state index contributed by atoms with van der Waals surface area (Å²) in [6.45, 7) is 4.28. The van der Waals surface area contributed by atoms with Gasteiger partial charge in [0.15, 0.2) is 0 Å². The van der Waals surface area contributed by atoms with Crippen molar-refractivity contribution >= 4 is 23.5 Å². The minimum atomic E-state index is -0.0261. The van der Waals surface area contributed by atoms with Gasteiger partial charge in [-0.25, -0.2) is 4.99 Å². The van der Waals surface area contributed by atoms with E-state index in [4.69, 9.17) is 4.74 Å². The first-order valence-electron chi connectivity index (χ1n) is 12.9. The molecule has 2 amide bonds. The third-order valence-electron chi connectivity index (χ3n) is 7.21. The zero-order valence-corrected chi connectivity index (χ0v) is 20.3. The van der Waals surface area contributed by atoms with Crippen molar-refractivity contribution in [3.63, 3.8) is 0 Å². The number of benzene rings is 1. The summed E-state index contributed by atoms with van der Waals surface area (Å²) in [6, 6.07) is 5.94. The SMILES string of the molecule is CC1c2cc(OCCCCCC(=O)N(CCO)CC3CCCCC3)ccc2N=C2NC(=O)CN21. The van der Waals surface area contributed by atoms with Crippen molar-refractivity contribution < 1.29 is 19.4 Å². The van der Waals surface area contributed by atoms with Crippen molar-refractivity contribution in [2.75, 3.05) is 32.8 Å². The lowest BCUT2D eigenvalue weighted by atomic mass is 9.89. The first kappa shape index (κ1) is 24.5. The highest BCUT2D eigenvalue weighted by molar-refractivity contribution is 6.06. The number of unbranched alkanes of at least 4 members (excludes halogenated alkanes) is 2. The predicted molar refractivity (Wildman–Crippen MR) is 131 cm³/mol. The predicted octanol–water partition coefficient (Wildman–Crippen LogP) is 3.52. The molecule has 0 aromatic heterocycles. The fourth-order valence-corrected chi connectivity index (χ4v) is 5.24. The topological polar surface area (TPSA) is 94.5 Å². The number of carbonyl (C=O) groups excluding carboxylic acids is 2. The van der Waals surface area contributed by atoms with Crippen molar-refractivity contribution in [1.29, 1.82) is 0 Å². The summed E-state index contributed by atoms with van der Waals surface area (Å²) in [7, 11) is 0. The van der Waals surface area contributed by atoms with Crippen LogP contribution in [0.25, 0.3) is 0 Å². The molecule has 1 aliphatic carbocycles. The minimum absolute atomic E-state index is 0.0261. The molecule has 34 heavy (non-hydrogen) atoms. The van der Waals surface area contributed by atoms with Crippen LogP contribution in [0, 0.1) is 5.92 Å². The van der Waals surface area contributed by atoms with Crippen LogP contribution in [0.5, 0.6) is 5.75 Å². The van der Waals surface area contributed by atoms with Gasteiger partial charge in [0.05, 0.1) is 24.9 Å². The lowest BCUT2D eigenvalue weighted by molar-refractivity contribution is -0.132. The number of hydrogen-bond donors (Lipinski definition) is 2. The van der Waals surface area contributed by atoms with Crippen molar-refractivity contribution in [2.24, 2.45) is 10.9 Å². The van der Waals surface area contributed by atoms with E-state index in [-0.39, 0.29) is 24.5 Å². The summed E-state index contributed by atoms with van der Waals surface area (Å²) >= 11 is 0. The Bertz CT molecular complexity index is 897. The van der Waals surface area contributed by atoms with Gasteiger partial charge in [-0.2, -0.15) is 0 Å². The van der Waals surface area contributed by atoms with Gasteiger partial charge in [-0.1, -0.05) is 19.3 Å². The van der Waals surface area contributed by atoms with Crippen LogP contribution in [0.3, 0.4) is 0 Å². The van der Waals surface area contributed by atoms with Crippen LogP contribution >= 0.6 is 0 Å². The second-order valence-corrected chi connectivity index (χ2v) is 9.73. The molecule has 1 saturated carbocycles. The second-order valence-electron chi connectivity index (χ2n) is 9.73. The number of fused-ring (bicyclic) bond motifs is 2. The molecule has 0 bridgehead atoms. The smallest absolute Gasteiger partial charge is 0.246 e. The van der Waals surface area contributed by atoms with Gasteiger partial charge in [-0.05, 0) is 63.1 Å². The number of aliphatic imine (C=N–C) groups is 1. The van der Waals surface area contributed by atoms with E-state index in [1.165, 1.54) is 32.1 Å². The van der Waals surface area contributed by atoms with E-state index in [0.717, 1.165) is 42.8 Å². The third-order valence-corrected chi connectivity index (χ3v) is 7.21. The number of aliphatic hydroxyl groups is 1. The molecule has 1 aromatic carbocycles. The summed E-state index contributed by atoms with van der Waals surface area (Å²) < 4.78 is 5.97. The average molecular weight is 471 g/mol. The highest BCUT2D eigenvalue weighted by Gasteiger charge is 2.34. The van der Waals surface area contributed by atoms with E-state index in [1.54, 1.807) is 0 Å². The normalized spacial score (nSPS) is 19.8. The van der Waals surface area contributed by atoms with Gasteiger partial charge >= 0.3 is 0 Å². The van der Waals surface area contributed by atoms with E-state index in [9.17, 15) is 14.7 Å². The first-order chi connectivity index (χ1) is 16.5. The molecule has 1 aromatic rings. The van der Waals surface area contributed by atoms with Crippen molar-refractivity contribution in [2.45, 2.75) is 70.8 Å². The molecule has 8 nitrogen and oxygen atoms in total. The maximum Gasteiger partial charge on any atom is 0.246 e. The number of guanidine groups is 1. The molecule has 8 heteroatoms. The molecule has 1 saturated heterocycles. The number of nitrogens with one attached hydrogen (secondary N) is 1. The zero-order valence-electron chi connectivity index (χ0n) is 20.3. The summed E-state index contributed by atoms with van der Waals surface area (Å²) in [5.41, 5.74) is 1.93. The first-order valence-corrected chi connectivity index (χ1v) is 12.9. The van der Waals surface area contributed by atoms with Crippen LogP contribution in [0.15, 0.2) is 23.2 Å². The Kier molecular flexibility index (Phi) is 8.43. The van der Waals surface area contributed by atoms with Gasteiger partial charge in [0.25, 0.3) is 0 Å². The summed E-state index contributed by atoms with van der Waals surface area (Å²) in [5.74, 6) is 2.17. The number of rotatable bonds is 11. The van der Waals surface area contributed by atoms with Crippen LogP contribution in [0.2, 0.25) is 0 Å². The van der Waals surface area contributed by atoms with E-state index < -0.39 is 0 Å². The van der Waals surface area contributed by atoms with Gasteiger partial charge < -0.3 is 19.6 Å². The molecule has 186 valence electrons. The van der Waals surface area contributed by atoms with Gasteiger partial charge in [-0.15, -0.1) is 0 Å². The van der Waals surface area contributed by atoms with Gasteiger partial charge in [0, 0.05) is 25.1 Å². The molecule has 3 aliphatic rings.